The van der Waals surface area contributed by atoms with Crippen LogP contribution in [0.1, 0.15) is 31.2 Å². The number of hydrogen-bond acceptors (Lipinski definition) is 3. The maximum absolute atomic E-state index is 12.7. The van der Waals surface area contributed by atoms with Crippen molar-refractivity contribution in [3.05, 3.63) is 29.8 Å². The van der Waals surface area contributed by atoms with Crippen molar-refractivity contribution in [1.29, 1.82) is 0 Å². The van der Waals surface area contributed by atoms with Crippen molar-refractivity contribution in [3.8, 4) is 5.75 Å². The van der Waals surface area contributed by atoms with E-state index < -0.39 is 0 Å². The zero-order chi connectivity index (χ0) is 14.8. The highest BCUT2D eigenvalue weighted by atomic mass is 16.3. The van der Waals surface area contributed by atoms with E-state index in [1.165, 1.54) is 0 Å². The highest BCUT2D eigenvalue weighted by Crippen LogP contribution is 2.31. The smallest absolute Gasteiger partial charge is 0.228 e. The number of rotatable bonds is 4. The van der Waals surface area contributed by atoms with Gasteiger partial charge in [-0.25, -0.2) is 0 Å². The lowest BCUT2D eigenvalue weighted by Gasteiger charge is -2.29. The summed E-state index contributed by atoms with van der Waals surface area (Å²) in [5.74, 6) is 0.270. The molecular formula is C16H20N2O3. The van der Waals surface area contributed by atoms with Crippen LogP contribution in [0.5, 0.6) is 5.75 Å². The van der Waals surface area contributed by atoms with Crippen LogP contribution in [-0.4, -0.2) is 34.4 Å². The van der Waals surface area contributed by atoms with E-state index in [2.05, 4.69) is 5.32 Å². The fourth-order valence-electron chi connectivity index (χ4n) is 2.80. The second-order valence-electron chi connectivity index (χ2n) is 5.91. The SMILES string of the molecule is O=C1CCC(C(=O)N(Cc2cccc(O)c2)C2CC2)CN1. The Morgan fingerprint density at radius 2 is 2.14 bits per heavy atom. The Hall–Kier alpha value is -2.04. The molecule has 2 fully saturated rings. The lowest BCUT2D eigenvalue weighted by Crippen LogP contribution is -2.45. The number of piperidine rings is 1. The molecule has 1 aromatic rings. The van der Waals surface area contributed by atoms with Crippen LogP contribution in [0.2, 0.25) is 0 Å². The fourth-order valence-corrected chi connectivity index (χ4v) is 2.80. The number of phenols is 1. The topological polar surface area (TPSA) is 69.6 Å². The molecule has 2 amide bonds. The van der Waals surface area contributed by atoms with Gasteiger partial charge < -0.3 is 15.3 Å². The van der Waals surface area contributed by atoms with Gasteiger partial charge in [0.2, 0.25) is 11.8 Å². The predicted octanol–water partition coefficient (Wildman–Crippen LogP) is 1.41. The van der Waals surface area contributed by atoms with Crippen LogP contribution < -0.4 is 5.32 Å². The van der Waals surface area contributed by atoms with Gasteiger partial charge in [0.25, 0.3) is 0 Å². The molecule has 1 aromatic carbocycles. The van der Waals surface area contributed by atoms with E-state index in [9.17, 15) is 14.7 Å². The summed E-state index contributed by atoms with van der Waals surface area (Å²) >= 11 is 0. The first kappa shape index (κ1) is 13.9. The van der Waals surface area contributed by atoms with Gasteiger partial charge in [-0.1, -0.05) is 12.1 Å². The number of hydrogen-bond donors (Lipinski definition) is 2. The van der Waals surface area contributed by atoms with Crippen LogP contribution in [0.25, 0.3) is 0 Å². The second-order valence-corrected chi connectivity index (χ2v) is 5.91. The van der Waals surface area contributed by atoms with Crippen molar-refractivity contribution in [2.75, 3.05) is 6.54 Å². The first-order chi connectivity index (χ1) is 10.1. The molecule has 112 valence electrons. The Balaban J connectivity index is 1.69. The van der Waals surface area contributed by atoms with Gasteiger partial charge in [-0.2, -0.15) is 0 Å². The van der Waals surface area contributed by atoms with Crippen LogP contribution in [0.3, 0.4) is 0 Å². The van der Waals surface area contributed by atoms with Gasteiger partial charge in [0, 0.05) is 25.6 Å². The van der Waals surface area contributed by atoms with Gasteiger partial charge in [-0.15, -0.1) is 0 Å². The molecule has 1 heterocycles. The molecule has 1 unspecified atom stereocenters. The summed E-state index contributed by atoms with van der Waals surface area (Å²) < 4.78 is 0. The quantitative estimate of drug-likeness (QED) is 0.880. The van der Waals surface area contributed by atoms with Crippen molar-refractivity contribution < 1.29 is 14.7 Å². The molecule has 0 spiro atoms. The van der Waals surface area contributed by atoms with Crippen LogP contribution in [0.4, 0.5) is 0 Å². The normalized spacial score (nSPS) is 21.7. The summed E-state index contributed by atoms with van der Waals surface area (Å²) in [7, 11) is 0. The molecule has 1 saturated heterocycles. The zero-order valence-corrected chi connectivity index (χ0v) is 11.9. The Kier molecular flexibility index (Phi) is 3.82. The standard InChI is InChI=1S/C16H20N2O3/c19-14-3-1-2-11(8-14)10-18(13-5-6-13)16(21)12-4-7-15(20)17-9-12/h1-3,8,12-13,19H,4-7,9-10H2,(H,17,20). The predicted molar refractivity (Wildman–Crippen MR) is 77.4 cm³/mol. The summed E-state index contributed by atoms with van der Waals surface area (Å²) in [5.41, 5.74) is 0.940. The molecule has 1 saturated carbocycles. The van der Waals surface area contributed by atoms with Crippen molar-refractivity contribution in [1.82, 2.24) is 10.2 Å². The minimum Gasteiger partial charge on any atom is -0.508 e. The maximum Gasteiger partial charge on any atom is 0.228 e. The van der Waals surface area contributed by atoms with E-state index in [1.807, 2.05) is 11.0 Å². The Bertz CT molecular complexity index is 544. The average molecular weight is 288 g/mol. The average Bonchev–Trinajstić information content (AvgIpc) is 3.29. The van der Waals surface area contributed by atoms with Crippen LogP contribution >= 0.6 is 0 Å². The minimum atomic E-state index is -0.111. The number of amides is 2. The molecule has 2 aliphatic rings. The maximum atomic E-state index is 12.7. The third-order valence-electron chi connectivity index (χ3n) is 4.15. The summed E-state index contributed by atoms with van der Waals surface area (Å²) in [6, 6.07) is 7.36. The third-order valence-corrected chi connectivity index (χ3v) is 4.15. The van der Waals surface area contributed by atoms with Gasteiger partial charge in [0.05, 0.1) is 5.92 Å². The van der Waals surface area contributed by atoms with Gasteiger partial charge in [-0.3, -0.25) is 9.59 Å². The lowest BCUT2D eigenvalue weighted by molar-refractivity contribution is -0.138. The van der Waals surface area contributed by atoms with E-state index in [-0.39, 0.29) is 23.5 Å². The van der Waals surface area contributed by atoms with E-state index in [1.54, 1.807) is 18.2 Å². The number of benzene rings is 1. The summed E-state index contributed by atoms with van der Waals surface area (Å²) in [6.07, 6.45) is 3.15. The van der Waals surface area contributed by atoms with Crippen molar-refractivity contribution in [2.24, 2.45) is 5.92 Å². The number of nitrogens with one attached hydrogen (secondary N) is 1. The molecule has 0 bridgehead atoms. The molecule has 1 aliphatic heterocycles. The number of carbonyl (C=O) groups is 2. The van der Waals surface area contributed by atoms with Gasteiger partial charge in [0.1, 0.15) is 5.75 Å². The number of nitrogens with zero attached hydrogens (tertiary/aromatic N) is 1. The largest absolute Gasteiger partial charge is 0.508 e. The molecule has 5 nitrogen and oxygen atoms in total. The van der Waals surface area contributed by atoms with Gasteiger partial charge in [-0.05, 0) is 37.0 Å². The first-order valence-corrected chi connectivity index (χ1v) is 7.48. The van der Waals surface area contributed by atoms with Crippen LogP contribution in [-0.2, 0) is 16.1 Å². The molecule has 1 aliphatic carbocycles. The minimum absolute atomic E-state index is 0.0324. The summed E-state index contributed by atoms with van der Waals surface area (Å²) in [4.78, 5) is 25.8. The highest BCUT2D eigenvalue weighted by molar-refractivity contribution is 5.84. The Labute approximate surface area is 123 Å². The third kappa shape index (κ3) is 3.35. The Morgan fingerprint density at radius 1 is 1.33 bits per heavy atom. The van der Waals surface area contributed by atoms with Crippen molar-refractivity contribution in [3.63, 3.8) is 0 Å². The summed E-state index contributed by atoms with van der Waals surface area (Å²) in [6.45, 7) is 0.975. The molecule has 0 radical (unpaired) electrons. The molecule has 5 heteroatoms. The zero-order valence-electron chi connectivity index (χ0n) is 11.9. The van der Waals surface area contributed by atoms with E-state index >= 15 is 0 Å². The van der Waals surface area contributed by atoms with Crippen LogP contribution in [0.15, 0.2) is 24.3 Å². The Morgan fingerprint density at radius 3 is 2.76 bits per heavy atom. The van der Waals surface area contributed by atoms with Crippen LogP contribution in [0, 0.1) is 5.92 Å². The monoisotopic (exact) mass is 288 g/mol. The number of phenolic OH excluding ortho intramolecular Hbond substituents is 1. The first-order valence-electron chi connectivity index (χ1n) is 7.48. The number of aromatic hydroxyl groups is 1. The molecule has 0 aromatic heterocycles. The van der Waals surface area contributed by atoms with Gasteiger partial charge >= 0.3 is 0 Å². The molecule has 21 heavy (non-hydrogen) atoms. The second kappa shape index (κ2) is 5.76. The number of carbonyl (C=O) groups excluding carboxylic acids is 2. The molecule has 2 N–H and O–H groups in total. The van der Waals surface area contributed by atoms with Gasteiger partial charge in [0.15, 0.2) is 0 Å². The lowest BCUT2D eigenvalue weighted by atomic mass is 9.97. The van der Waals surface area contributed by atoms with Crippen molar-refractivity contribution in [2.45, 2.75) is 38.3 Å². The molecule has 1 atom stereocenters. The van der Waals surface area contributed by atoms with E-state index in [0.29, 0.717) is 32.0 Å². The van der Waals surface area contributed by atoms with E-state index in [4.69, 9.17) is 0 Å². The fraction of sp³-hybridized carbons (Fsp3) is 0.500. The highest BCUT2D eigenvalue weighted by Gasteiger charge is 2.36. The van der Waals surface area contributed by atoms with Crippen molar-refractivity contribution >= 4 is 11.8 Å². The molecule has 3 rings (SSSR count). The van der Waals surface area contributed by atoms with E-state index in [0.717, 1.165) is 18.4 Å². The molecular weight excluding hydrogens is 268 g/mol. The summed E-state index contributed by atoms with van der Waals surface area (Å²) in [5, 5.41) is 12.3.